The first-order valence-corrected chi connectivity index (χ1v) is 11.6. The van der Waals surface area contributed by atoms with Crippen LogP contribution in [-0.4, -0.2) is 33.5 Å². The second kappa shape index (κ2) is 7.97. The molecule has 1 saturated heterocycles. The van der Waals surface area contributed by atoms with E-state index in [1.54, 1.807) is 0 Å². The minimum absolute atomic E-state index is 0.000410. The lowest BCUT2D eigenvalue weighted by atomic mass is 9.66. The molecule has 1 aliphatic carbocycles. The van der Waals surface area contributed by atoms with E-state index < -0.39 is 5.60 Å². The van der Waals surface area contributed by atoms with Crippen LogP contribution < -0.4 is 0 Å². The molecule has 0 radical (unpaired) electrons. The van der Waals surface area contributed by atoms with Gasteiger partial charge >= 0.3 is 0 Å². The Morgan fingerprint density at radius 3 is 2.50 bits per heavy atom. The molecule has 5 rings (SSSR count). The molecular formula is C25H26N2O2S. The number of aliphatic hydroxyl groups is 1. The van der Waals surface area contributed by atoms with Crippen molar-refractivity contribution in [1.82, 2.24) is 9.88 Å². The van der Waals surface area contributed by atoms with E-state index in [1.165, 1.54) is 11.3 Å². The molecular weight excluding hydrogens is 392 g/mol. The van der Waals surface area contributed by atoms with Crippen LogP contribution in [-0.2, 0) is 5.60 Å². The zero-order valence-corrected chi connectivity index (χ0v) is 17.7. The quantitative estimate of drug-likeness (QED) is 0.644. The number of aromatic nitrogens is 1. The van der Waals surface area contributed by atoms with Gasteiger partial charge < -0.3 is 10.0 Å². The largest absolute Gasteiger partial charge is 0.385 e. The Hall–Kier alpha value is -2.50. The molecule has 2 heterocycles. The van der Waals surface area contributed by atoms with E-state index in [2.05, 4.69) is 4.98 Å². The van der Waals surface area contributed by atoms with Gasteiger partial charge in [-0.3, -0.25) is 4.79 Å². The van der Waals surface area contributed by atoms with Crippen molar-refractivity contribution in [1.29, 1.82) is 0 Å². The van der Waals surface area contributed by atoms with Crippen molar-refractivity contribution in [3.63, 3.8) is 0 Å². The molecule has 2 fully saturated rings. The number of amides is 1. The molecule has 3 atom stereocenters. The highest BCUT2D eigenvalue weighted by molar-refractivity contribution is 7.13. The summed E-state index contributed by atoms with van der Waals surface area (Å²) < 4.78 is 0. The van der Waals surface area contributed by atoms with Gasteiger partial charge in [-0.05, 0) is 24.8 Å². The number of piperidine rings is 1. The number of benzene rings is 2. The number of hydrogen-bond acceptors (Lipinski definition) is 4. The maximum Gasteiger partial charge on any atom is 0.273 e. The second-order valence-corrected chi connectivity index (χ2v) is 9.26. The molecule has 0 bridgehead atoms. The highest BCUT2D eigenvalue weighted by Gasteiger charge is 2.50. The Labute approximate surface area is 181 Å². The standard InChI is InChI=1S/C25H26N2O2S/c28-24(21-17-30-23(26-21)18-9-3-1-4-10-18)27-16-15-25(29,19-11-5-2-6-12-19)20-13-7-8-14-22(20)27/h1-6,9-12,17,20,22,29H,7-8,13-16H2/t20-,22+,25-/m0/s1. The number of rotatable bonds is 3. The van der Waals surface area contributed by atoms with Gasteiger partial charge in [-0.2, -0.15) is 0 Å². The van der Waals surface area contributed by atoms with Crippen molar-refractivity contribution < 1.29 is 9.90 Å². The fourth-order valence-electron chi connectivity index (χ4n) is 5.25. The molecule has 1 saturated carbocycles. The topological polar surface area (TPSA) is 53.4 Å². The fraction of sp³-hybridized carbons (Fsp3) is 0.360. The van der Waals surface area contributed by atoms with E-state index in [4.69, 9.17) is 0 Å². The number of hydrogen-bond donors (Lipinski definition) is 1. The number of nitrogens with zero attached hydrogens (tertiary/aromatic N) is 2. The van der Waals surface area contributed by atoms with Gasteiger partial charge in [-0.15, -0.1) is 11.3 Å². The van der Waals surface area contributed by atoms with Gasteiger partial charge in [-0.25, -0.2) is 4.98 Å². The van der Waals surface area contributed by atoms with Crippen LogP contribution in [0.4, 0.5) is 0 Å². The van der Waals surface area contributed by atoms with E-state index in [-0.39, 0.29) is 17.9 Å². The van der Waals surface area contributed by atoms with Gasteiger partial charge in [0.1, 0.15) is 10.7 Å². The third kappa shape index (κ3) is 3.36. The number of thiazole rings is 1. The van der Waals surface area contributed by atoms with Crippen LogP contribution in [0, 0.1) is 5.92 Å². The van der Waals surface area contributed by atoms with Crippen LogP contribution in [0.25, 0.3) is 10.6 Å². The van der Waals surface area contributed by atoms with Crippen molar-refractivity contribution in [3.05, 3.63) is 77.3 Å². The lowest BCUT2D eigenvalue weighted by Crippen LogP contribution is -2.59. The van der Waals surface area contributed by atoms with Crippen LogP contribution in [0.1, 0.15) is 48.2 Å². The Kier molecular flexibility index (Phi) is 5.17. The summed E-state index contributed by atoms with van der Waals surface area (Å²) in [6.07, 6.45) is 4.67. The Morgan fingerprint density at radius 2 is 1.73 bits per heavy atom. The molecule has 5 heteroatoms. The van der Waals surface area contributed by atoms with Crippen LogP contribution in [0.2, 0.25) is 0 Å². The van der Waals surface area contributed by atoms with Crippen molar-refractivity contribution in [2.24, 2.45) is 5.92 Å². The maximum atomic E-state index is 13.4. The summed E-state index contributed by atoms with van der Waals surface area (Å²) in [4.78, 5) is 20.1. The van der Waals surface area contributed by atoms with E-state index in [0.717, 1.165) is 41.8 Å². The zero-order valence-electron chi connectivity index (χ0n) is 16.9. The summed E-state index contributed by atoms with van der Waals surface area (Å²) in [5.41, 5.74) is 1.68. The van der Waals surface area contributed by atoms with Crippen molar-refractivity contribution in [2.45, 2.75) is 43.7 Å². The Balaban J connectivity index is 1.42. The highest BCUT2D eigenvalue weighted by atomic mass is 32.1. The third-order valence-electron chi connectivity index (χ3n) is 6.76. The van der Waals surface area contributed by atoms with Gasteiger partial charge in [0, 0.05) is 29.4 Å². The Bertz CT molecular complexity index is 1020. The molecule has 2 aliphatic rings. The summed E-state index contributed by atoms with van der Waals surface area (Å²) in [6, 6.07) is 20.1. The summed E-state index contributed by atoms with van der Waals surface area (Å²) in [6.45, 7) is 0.559. The first-order valence-electron chi connectivity index (χ1n) is 10.8. The monoisotopic (exact) mass is 418 g/mol. The highest BCUT2D eigenvalue weighted by Crippen LogP contribution is 2.47. The van der Waals surface area contributed by atoms with Gasteiger partial charge in [0.25, 0.3) is 5.91 Å². The lowest BCUT2D eigenvalue weighted by molar-refractivity contribution is -0.110. The average molecular weight is 419 g/mol. The molecule has 30 heavy (non-hydrogen) atoms. The average Bonchev–Trinajstić information content (AvgIpc) is 3.31. The summed E-state index contributed by atoms with van der Waals surface area (Å²) >= 11 is 1.51. The van der Waals surface area contributed by atoms with Crippen molar-refractivity contribution >= 4 is 17.2 Å². The predicted molar refractivity (Wildman–Crippen MR) is 119 cm³/mol. The molecule has 1 amide bonds. The van der Waals surface area contributed by atoms with E-state index in [1.807, 2.05) is 70.9 Å². The predicted octanol–water partition coefficient (Wildman–Crippen LogP) is 5.10. The second-order valence-electron chi connectivity index (χ2n) is 8.40. The first kappa shape index (κ1) is 19.5. The molecule has 154 valence electrons. The summed E-state index contributed by atoms with van der Waals surface area (Å²) in [5, 5.41) is 14.5. The molecule has 1 aliphatic heterocycles. The molecule has 0 unspecified atom stereocenters. The summed E-state index contributed by atoms with van der Waals surface area (Å²) in [5.74, 6) is 0.0685. The smallest absolute Gasteiger partial charge is 0.273 e. The number of carbonyl (C=O) groups excluding carboxylic acids is 1. The zero-order chi connectivity index (χ0) is 20.6. The minimum Gasteiger partial charge on any atom is -0.385 e. The summed E-state index contributed by atoms with van der Waals surface area (Å²) in [7, 11) is 0. The lowest BCUT2D eigenvalue weighted by Gasteiger charge is -2.52. The normalized spacial score (nSPS) is 26.2. The third-order valence-corrected chi connectivity index (χ3v) is 7.65. The van der Waals surface area contributed by atoms with Crippen molar-refractivity contribution in [3.8, 4) is 10.6 Å². The van der Waals surface area contributed by atoms with E-state index in [9.17, 15) is 9.90 Å². The SMILES string of the molecule is O=C(c1csc(-c2ccccc2)n1)N1CC[C@](O)(c2ccccc2)[C@H]2CCCC[C@H]21. The molecule has 1 aromatic heterocycles. The maximum absolute atomic E-state index is 13.4. The number of fused-ring (bicyclic) bond motifs is 1. The van der Waals surface area contributed by atoms with Gasteiger partial charge in [0.2, 0.25) is 0 Å². The van der Waals surface area contributed by atoms with Crippen LogP contribution >= 0.6 is 11.3 Å². The van der Waals surface area contributed by atoms with Crippen LogP contribution in [0.3, 0.4) is 0 Å². The van der Waals surface area contributed by atoms with E-state index >= 15 is 0 Å². The fourth-order valence-corrected chi connectivity index (χ4v) is 6.05. The van der Waals surface area contributed by atoms with Gasteiger partial charge in [-0.1, -0.05) is 73.5 Å². The molecule has 3 aromatic rings. The number of likely N-dealkylation sites (tertiary alicyclic amines) is 1. The molecule has 0 spiro atoms. The van der Waals surface area contributed by atoms with E-state index in [0.29, 0.717) is 18.7 Å². The first-order chi connectivity index (χ1) is 14.7. The van der Waals surface area contributed by atoms with Crippen LogP contribution in [0.15, 0.2) is 66.0 Å². The molecule has 4 nitrogen and oxygen atoms in total. The van der Waals surface area contributed by atoms with Crippen LogP contribution in [0.5, 0.6) is 0 Å². The van der Waals surface area contributed by atoms with Gasteiger partial charge in [0.05, 0.1) is 5.60 Å². The minimum atomic E-state index is -0.861. The molecule has 1 N–H and O–H groups in total. The molecule has 2 aromatic carbocycles. The van der Waals surface area contributed by atoms with Gasteiger partial charge in [0.15, 0.2) is 0 Å². The Morgan fingerprint density at radius 1 is 1.03 bits per heavy atom. The number of carbonyl (C=O) groups is 1. The van der Waals surface area contributed by atoms with Crippen molar-refractivity contribution in [2.75, 3.05) is 6.54 Å².